The maximum atomic E-state index is 12.1. The van der Waals surface area contributed by atoms with Crippen LogP contribution in [-0.4, -0.2) is 8.42 Å². The summed E-state index contributed by atoms with van der Waals surface area (Å²) in [7, 11) is -3.67. The van der Waals surface area contributed by atoms with Crippen LogP contribution in [0.4, 0.5) is 11.4 Å². The van der Waals surface area contributed by atoms with Crippen molar-refractivity contribution in [2.45, 2.75) is 4.90 Å². The lowest BCUT2D eigenvalue weighted by Gasteiger charge is -2.08. The zero-order chi connectivity index (χ0) is 13.9. The Morgan fingerprint density at radius 3 is 2.42 bits per heavy atom. The zero-order valence-corrected chi connectivity index (χ0v) is 10.7. The van der Waals surface area contributed by atoms with Crippen molar-refractivity contribution < 1.29 is 8.42 Å². The second-order valence-electron chi connectivity index (χ2n) is 3.87. The molecule has 5 nitrogen and oxygen atoms in total. The lowest BCUT2D eigenvalue weighted by atomic mass is 10.2. The quantitative estimate of drug-likeness (QED) is 0.835. The highest BCUT2D eigenvalue weighted by Crippen LogP contribution is 2.17. The van der Waals surface area contributed by atoms with Gasteiger partial charge in [-0.15, -0.1) is 0 Å². The molecule has 0 radical (unpaired) electrons. The Labute approximate surface area is 111 Å². The third kappa shape index (κ3) is 3.03. The molecule has 3 N–H and O–H groups in total. The minimum absolute atomic E-state index is 0.115. The van der Waals surface area contributed by atoms with E-state index in [4.69, 9.17) is 11.0 Å². The molecule has 0 heterocycles. The minimum atomic E-state index is -3.67. The number of sulfonamides is 1. The van der Waals surface area contributed by atoms with Crippen molar-refractivity contribution in [1.82, 2.24) is 0 Å². The highest BCUT2D eigenvalue weighted by Gasteiger charge is 2.13. The van der Waals surface area contributed by atoms with Crippen LogP contribution < -0.4 is 10.5 Å². The highest BCUT2D eigenvalue weighted by molar-refractivity contribution is 7.92. The number of nitrogens with one attached hydrogen (secondary N) is 1. The van der Waals surface area contributed by atoms with Crippen LogP contribution in [0.5, 0.6) is 0 Å². The van der Waals surface area contributed by atoms with E-state index in [-0.39, 0.29) is 4.90 Å². The van der Waals surface area contributed by atoms with Crippen molar-refractivity contribution in [1.29, 1.82) is 5.26 Å². The summed E-state index contributed by atoms with van der Waals surface area (Å²) in [6.07, 6.45) is 0. The van der Waals surface area contributed by atoms with Crippen molar-refractivity contribution in [2.75, 3.05) is 10.5 Å². The summed E-state index contributed by atoms with van der Waals surface area (Å²) in [5, 5.41) is 8.77. The number of hydrogen-bond donors (Lipinski definition) is 2. The van der Waals surface area contributed by atoms with Gasteiger partial charge in [0.1, 0.15) is 0 Å². The van der Waals surface area contributed by atoms with E-state index in [1.165, 1.54) is 30.3 Å². The smallest absolute Gasteiger partial charge is 0.261 e. The first-order valence-electron chi connectivity index (χ1n) is 5.40. The van der Waals surface area contributed by atoms with Gasteiger partial charge in [-0.25, -0.2) is 8.42 Å². The van der Waals surface area contributed by atoms with E-state index in [1.807, 2.05) is 6.07 Å². The van der Waals surface area contributed by atoms with Crippen LogP contribution in [0, 0.1) is 11.3 Å². The lowest BCUT2D eigenvalue weighted by molar-refractivity contribution is 0.601. The molecule has 2 aromatic carbocycles. The molecule has 0 aromatic heterocycles. The molecule has 0 aliphatic carbocycles. The van der Waals surface area contributed by atoms with E-state index in [9.17, 15) is 8.42 Å². The van der Waals surface area contributed by atoms with Crippen molar-refractivity contribution in [2.24, 2.45) is 0 Å². The Bertz CT molecular complexity index is 731. The van der Waals surface area contributed by atoms with Crippen LogP contribution >= 0.6 is 0 Å². The van der Waals surface area contributed by atoms with Gasteiger partial charge in [-0.2, -0.15) is 5.26 Å². The van der Waals surface area contributed by atoms with Gasteiger partial charge in [0.05, 0.1) is 22.2 Å². The number of anilines is 2. The Morgan fingerprint density at radius 2 is 1.79 bits per heavy atom. The molecule has 0 saturated carbocycles. The van der Waals surface area contributed by atoms with Gasteiger partial charge in [-0.05, 0) is 42.5 Å². The Balaban J connectivity index is 2.31. The van der Waals surface area contributed by atoms with Crippen LogP contribution in [0.3, 0.4) is 0 Å². The first-order chi connectivity index (χ1) is 9.01. The number of nitrogen functional groups attached to an aromatic ring is 1. The summed E-state index contributed by atoms with van der Waals surface area (Å²) >= 11 is 0. The van der Waals surface area contributed by atoms with Crippen molar-refractivity contribution in [3.8, 4) is 6.07 Å². The minimum Gasteiger partial charge on any atom is -0.399 e. The molecule has 2 rings (SSSR count). The molecule has 0 unspecified atom stereocenters. The summed E-state index contributed by atoms with van der Waals surface area (Å²) in [6.45, 7) is 0. The van der Waals surface area contributed by atoms with Gasteiger partial charge < -0.3 is 5.73 Å². The average Bonchev–Trinajstić information content (AvgIpc) is 2.39. The molecule has 0 aliphatic heterocycles. The van der Waals surface area contributed by atoms with E-state index >= 15 is 0 Å². The van der Waals surface area contributed by atoms with Crippen molar-refractivity contribution in [3.05, 3.63) is 54.1 Å². The summed E-state index contributed by atoms with van der Waals surface area (Å²) in [6, 6.07) is 14.1. The summed E-state index contributed by atoms with van der Waals surface area (Å²) in [5.41, 5.74) is 6.73. The number of benzene rings is 2. The molecule has 0 aliphatic rings. The van der Waals surface area contributed by atoms with Gasteiger partial charge in [0.2, 0.25) is 0 Å². The molecular weight excluding hydrogens is 262 g/mol. The fourth-order valence-electron chi connectivity index (χ4n) is 1.51. The molecule has 19 heavy (non-hydrogen) atoms. The molecule has 0 bridgehead atoms. The van der Waals surface area contributed by atoms with Crippen LogP contribution in [0.2, 0.25) is 0 Å². The van der Waals surface area contributed by atoms with Gasteiger partial charge in [0, 0.05) is 5.69 Å². The van der Waals surface area contributed by atoms with Gasteiger partial charge in [-0.1, -0.05) is 6.07 Å². The number of nitrogens with zero attached hydrogens (tertiary/aromatic N) is 1. The largest absolute Gasteiger partial charge is 0.399 e. The maximum absolute atomic E-state index is 12.1. The monoisotopic (exact) mass is 273 g/mol. The second-order valence-corrected chi connectivity index (χ2v) is 5.55. The van der Waals surface area contributed by atoms with Crippen LogP contribution in [0.1, 0.15) is 5.56 Å². The zero-order valence-electron chi connectivity index (χ0n) is 9.87. The van der Waals surface area contributed by atoms with E-state index in [0.717, 1.165) is 0 Å². The van der Waals surface area contributed by atoms with Crippen LogP contribution in [-0.2, 0) is 10.0 Å². The lowest BCUT2D eigenvalue weighted by Crippen LogP contribution is -2.12. The third-order valence-corrected chi connectivity index (χ3v) is 3.83. The van der Waals surface area contributed by atoms with Crippen LogP contribution in [0.25, 0.3) is 0 Å². The number of hydrogen-bond acceptors (Lipinski definition) is 4. The second kappa shape index (κ2) is 5.00. The van der Waals surface area contributed by atoms with E-state index in [2.05, 4.69) is 4.72 Å². The Kier molecular flexibility index (Phi) is 3.40. The molecule has 0 saturated heterocycles. The topological polar surface area (TPSA) is 96.0 Å². The molecule has 0 spiro atoms. The van der Waals surface area contributed by atoms with Gasteiger partial charge in [-0.3, -0.25) is 4.72 Å². The van der Waals surface area contributed by atoms with E-state index in [0.29, 0.717) is 16.9 Å². The highest BCUT2D eigenvalue weighted by atomic mass is 32.2. The van der Waals surface area contributed by atoms with E-state index in [1.54, 1.807) is 18.2 Å². The van der Waals surface area contributed by atoms with Crippen molar-refractivity contribution >= 4 is 21.4 Å². The third-order valence-electron chi connectivity index (χ3n) is 2.43. The number of rotatable bonds is 3. The molecule has 0 amide bonds. The Morgan fingerprint density at radius 1 is 1.11 bits per heavy atom. The van der Waals surface area contributed by atoms with Gasteiger partial charge >= 0.3 is 0 Å². The summed E-state index contributed by atoms with van der Waals surface area (Å²) in [5.74, 6) is 0. The summed E-state index contributed by atoms with van der Waals surface area (Å²) < 4.78 is 26.6. The number of nitrogens with two attached hydrogens (primary N) is 1. The first kappa shape index (κ1) is 12.9. The average molecular weight is 273 g/mol. The first-order valence-corrected chi connectivity index (χ1v) is 6.88. The molecule has 0 atom stereocenters. The van der Waals surface area contributed by atoms with Gasteiger partial charge in [0.15, 0.2) is 0 Å². The molecule has 6 heteroatoms. The maximum Gasteiger partial charge on any atom is 0.261 e. The normalized spacial score (nSPS) is 10.7. The Hall–Kier alpha value is -2.52. The fourth-order valence-corrected chi connectivity index (χ4v) is 2.56. The number of nitriles is 1. The molecule has 2 aromatic rings. The van der Waals surface area contributed by atoms with Gasteiger partial charge in [0.25, 0.3) is 10.0 Å². The summed E-state index contributed by atoms with van der Waals surface area (Å²) in [4.78, 5) is 0.115. The predicted octanol–water partition coefficient (Wildman–Crippen LogP) is 1.94. The van der Waals surface area contributed by atoms with Crippen LogP contribution in [0.15, 0.2) is 53.4 Å². The SMILES string of the molecule is N#Cc1cccc(NS(=O)(=O)c2ccc(N)cc2)c1. The molecular formula is C13H11N3O2S. The molecule has 0 fully saturated rings. The van der Waals surface area contributed by atoms with E-state index < -0.39 is 10.0 Å². The standard InChI is InChI=1S/C13H11N3O2S/c14-9-10-2-1-3-12(8-10)16-19(17,18)13-6-4-11(15)5-7-13/h1-8,16H,15H2. The molecule has 96 valence electrons. The predicted molar refractivity (Wildman–Crippen MR) is 72.8 cm³/mol. The van der Waals surface area contributed by atoms with Crippen molar-refractivity contribution in [3.63, 3.8) is 0 Å². The fraction of sp³-hybridized carbons (Fsp3) is 0.